The van der Waals surface area contributed by atoms with Gasteiger partial charge in [-0.05, 0) is 31.4 Å². The van der Waals surface area contributed by atoms with Gasteiger partial charge in [0.15, 0.2) is 0 Å². The Balaban J connectivity index is 2.03. The standard InChI is InChI=1S/C19H29N3O/c1-15(2)13-16-7-6-8-20-18(16)22-11-9-21(10-12-22)17(23)14-19(3,4)5/h6-8,13H,9-12,14H2,1-5H3. The van der Waals surface area contributed by atoms with E-state index < -0.39 is 0 Å². The molecule has 1 aromatic heterocycles. The van der Waals surface area contributed by atoms with Gasteiger partial charge in [0.1, 0.15) is 5.82 Å². The minimum absolute atomic E-state index is 0.0474. The zero-order valence-electron chi connectivity index (χ0n) is 15.1. The lowest BCUT2D eigenvalue weighted by molar-refractivity contribution is -0.133. The first kappa shape index (κ1) is 17.5. The van der Waals surface area contributed by atoms with Crippen LogP contribution in [0.5, 0.6) is 0 Å². The van der Waals surface area contributed by atoms with Gasteiger partial charge >= 0.3 is 0 Å². The summed E-state index contributed by atoms with van der Waals surface area (Å²) in [6.45, 7) is 13.8. The summed E-state index contributed by atoms with van der Waals surface area (Å²) in [5.41, 5.74) is 2.46. The molecule has 2 rings (SSSR count). The van der Waals surface area contributed by atoms with Crippen molar-refractivity contribution in [2.75, 3.05) is 31.1 Å². The number of nitrogens with zero attached hydrogens (tertiary/aromatic N) is 3. The molecule has 1 amide bonds. The van der Waals surface area contributed by atoms with Gasteiger partial charge < -0.3 is 9.80 Å². The Morgan fingerprint density at radius 3 is 2.43 bits per heavy atom. The van der Waals surface area contributed by atoms with E-state index in [2.05, 4.69) is 56.6 Å². The van der Waals surface area contributed by atoms with Gasteiger partial charge in [0.2, 0.25) is 5.91 Å². The number of rotatable bonds is 3. The smallest absolute Gasteiger partial charge is 0.223 e. The molecule has 0 atom stereocenters. The number of hydrogen-bond donors (Lipinski definition) is 0. The fourth-order valence-electron chi connectivity index (χ4n) is 2.83. The van der Waals surface area contributed by atoms with E-state index in [1.165, 1.54) is 5.57 Å². The van der Waals surface area contributed by atoms with Gasteiger partial charge in [-0.15, -0.1) is 0 Å². The summed E-state index contributed by atoms with van der Waals surface area (Å²) in [7, 11) is 0. The molecule has 4 heteroatoms. The summed E-state index contributed by atoms with van der Waals surface area (Å²) in [5, 5.41) is 0. The summed E-state index contributed by atoms with van der Waals surface area (Å²) in [4.78, 5) is 21.2. The first-order chi connectivity index (χ1) is 10.8. The molecule has 126 valence electrons. The Hall–Kier alpha value is -1.84. The molecule has 1 aliphatic heterocycles. The molecule has 1 aliphatic rings. The van der Waals surface area contributed by atoms with Crippen molar-refractivity contribution in [3.8, 4) is 0 Å². The monoisotopic (exact) mass is 315 g/mol. The zero-order chi connectivity index (χ0) is 17.0. The van der Waals surface area contributed by atoms with Crippen LogP contribution in [0.1, 0.15) is 46.6 Å². The van der Waals surface area contributed by atoms with E-state index in [1.807, 2.05) is 17.2 Å². The van der Waals surface area contributed by atoms with E-state index >= 15 is 0 Å². The fourth-order valence-corrected chi connectivity index (χ4v) is 2.83. The maximum atomic E-state index is 12.4. The Morgan fingerprint density at radius 2 is 1.87 bits per heavy atom. The summed E-state index contributed by atoms with van der Waals surface area (Å²) >= 11 is 0. The van der Waals surface area contributed by atoms with Crippen molar-refractivity contribution in [3.63, 3.8) is 0 Å². The molecular formula is C19H29N3O. The van der Waals surface area contributed by atoms with Gasteiger partial charge in [-0.3, -0.25) is 4.79 Å². The Kier molecular flexibility index (Phi) is 5.45. The van der Waals surface area contributed by atoms with E-state index in [9.17, 15) is 4.79 Å². The molecule has 0 bridgehead atoms. The van der Waals surface area contributed by atoms with E-state index in [0.717, 1.165) is 37.6 Å². The van der Waals surface area contributed by atoms with Crippen LogP contribution in [-0.4, -0.2) is 42.0 Å². The molecule has 2 heterocycles. The van der Waals surface area contributed by atoms with Crippen LogP contribution in [0, 0.1) is 5.41 Å². The lowest BCUT2D eigenvalue weighted by Gasteiger charge is -2.37. The van der Waals surface area contributed by atoms with Crippen molar-refractivity contribution in [1.29, 1.82) is 0 Å². The van der Waals surface area contributed by atoms with E-state index in [4.69, 9.17) is 0 Å². The predicted octanol–water partition coefficient (Wildman–Crippen LogP) is 3.59. The minimum atomic E-state index is 0.0474. The molecule has 4 nitrogen and oxygen atoms in total. The highest BCUT2D eigenvalue weighted by Gasteiger charge is 2.25. The molecule has 1 aromatic rings. The van der Waals surface area contributed by atoms with Crippen molar-refractivity contribution in [2.45, 2.75) is 41.0 Å². The lowest BCUT2D eigenvalue weighted by atomic mass is 9.91. The summed E-state index contributed by atoms with van der Waals surface area (Å²) in [6, 6.07) is 4.08. The number of amides is 1. The first-order valence-corrected chi connectivity index (χ1v) is 8.39. The number of carbonyl (C=O) groups excluding carboxylic acids is 1. The zero-order valence-corrected chi connectivity index (χ0v) is 15.1. The van der Waals surface area contributed by atoms with Crippen LogP contribution in [0.3, 0.4) is 0 Å². The summed E-state index contributed by atoms with van der Waals surface area (Å²) < 4.78 is 0. The van der Waals surface area contributed by atoms with E-state index in [-0.39, 0.29) is 11.3 Å². The van der Waals surface area contributed by atoms with E-state index in [1.54, 1.807) is 0 Å². The quantitative estimate of drug-likeness (QED) is 0.855. The van der Waals surface area contributed by atoms with Gasteiger partial charge in [0.25, 0.3) is 0 Å². The van der Waals surface area contributed by atoms with Crippen molar-refractivity contribution >= 4 is 17.8 Å². The highest BCUT2D eigenvalue weighted by molar-refractivity contribution is 5.77. The Bertz CT molecular complexity index is 575. The van der Waals surface area contributed by atoms with Crippen LogP contribution in [0.25, 0.3) is 6.08 Å². The highest BCUT2D eigenvalue weighted by Crippen LogP contribution is 2.23. The van der Waals surface area contributed by atoms with Crippen molar-refractivity contribution in [2.24, 2.45) is 5.41 Å². The number of pyridine rings is 1. The average molecular weight is 315 g/mol. The molecule has 23 heavy (non-hydrogen) atoms. The second kappa shape index (κ2) is 7.16. The minimum Gasteiger partial charge on any atom is -0.353 e. The first-order valence-electron chi connectivity index (χ1n) is 8.39. The number of anilines is 1. The lowest BCUT2D eigenvalue weighted by Crippen LogP contribution is -2.49. The topological polar surface area (TPSA) is 36.4 Å². The SMILES string of the molecule is CC(C)=Cc1cccnc1N1CCN(C(=O)CC(C)(C)C)CC1. The van der Waals surface area contributed by atoms with Crippen molar-refractivity contribution in [1.82, 2.24) is 9.88 Å². The van der Waals surface area contributed by atoms with Gasteiger partial charge in [-0.25, -0.2) is 4.98 Å². The van der Waals surface area contributed by atoms with Gasteiger partial charge in [0, 0.05) is 44.4 Å². The fraction of sp³-hybridized carbons (Fsp3) is 0.579. The van der Waals surface area contributed by atoms with Crippen LogP contribution < -0.4 is 4.90 Å². The number of aromatic nitrogens is 1. The highest BCUT2D eigenvalue weighted by atomic mass is 16.2. The number of hydrogen-bond acceptors (Lipinski definition) is 3. The third-order valence-corrected chi connectivity index (χ3v) is 3.87. The second-order valence-corrected chi connectivity index (χ2v) is 7.74. The molecule has 0 saturated carbocycles. The van der Waals surface area contributed by atoms with Gasteiger partial charge in [-0.2, -0.15) is 0 Å². The molecule has 0 radical (unpaired) electrons. The second-order valence-electron chi connectivity index (χ2n) is 7.74. The third kappa shape index (κ3) is 5.08. The molecule has 0 spiro atoms. The molecule has 1 saturated heterocycles. The van der Waals surface area contributed by atoms with Crippen molar-refractivity contribution < 1.29 is 4.79 Å². The molecule has 0 aliphatic carbocycles. The maximum Gasteiger partial charge on any atom is 0.223 e. The normalized spacial score (nSPS) is 15.5. The largest absolute Gasteiger partial charge is 0.353 e. The van der Waals surface area contributed by atoms with Gasteiger partial charge in [-0.1, -0.05) is 32.4 Å². The van der Waals surface area contributed by atoms with Crippen molar-refractivity contribution in [3.05, 3.63) is 29.5 Å². The van der Waals surface area contributed by atoms with Crippen LogP contribution in [0.15, 0.2) is 23.9 Å². The Labute approximate surface area is 140 Å². The molecular weight excluding hydrogens is 286 g/mol. The predicted molar refractivity (Wildman–Crippen MR) is 96.4 cm³/mol. The molecule has 0 aromatic carbocycles. The van der Waals surface area contributed by atoms with Gasteiger partial charge in [0.05, 0.1) is 0 Å². The molecule has 0 N–H and O–H groups in total. The number of allylic oxidation sites excluding steroid dienone is 1. The molecule has 1 fully saturated rings. The Morgan fingerprint density at radius 1 is 1.22 bits per heavy atom. The van der Waals surface area contributed by atoms with Crippen LogP contribution >= 0.6 is 0 Å². The van der Waals surface area contributed by atoms with Crippen LogP contribution in [0.2, 0.25) is 0 Å². The van der Waals surface area contributed by atoms with Crippen LogP contribution in [-0.2, 0) is 4.79 Å². The van der Waals surface area contributed by atoms with Crippen LogP contribution in [0.4, 0.5) is 5.82 Å². The summed E-state index contributed by atoms with van der Waals surface area (Å²) in [6.07, 6.45) is 4.62. The van der Waals surface area contributed by atoms with E-state index in [0.29, 0.717) is 6.42 Å². The number of piperazine rings is 1. The maximum absolute atomic E-state index is 12.4. The average Bonchev–Trinajstić information content (AvgIpc) is 2.45. The third-order valence-electron chi connectivity index (χ3n) is 3.87. The molecule has 0 unspecified atom stereocenters. The number of carbonyl (C=O) groups is 1. The summed E-state index contributed by atoms with van der Waals surface area (Å²) in [5.74, 6) is 1.29.